The number of nitrogens with two attached hydrogens (primary N) is 1. The largest absolute Gasteiger partial charge is 0.365 e. The van der Waals surface area contributed by atoms with Crippen molar-refractivity contribution in [2.45, 2.75) is 6.54 Å². The Kier molecular flexibility index (Phi) is 5.16. The lowest BCUT2D eigenvalue weighted by Gasteiger charge is -2.11. The minimum Gasteiger partial charge on any atom is -0.365 e. The summed E-state index contributed by atoms with van der Waals surface area (Å²) in [4.78, 5) is 47.3. The van der Waals surface area contributed by atoms with E-state index in [-0.39, 0.29) is 16.8 Å². The van der Waals surface area contributed by atoms with Gasteiger partial charge in [-0.25, -0.2) is 4.39 Å². The standard InChI is InChI=1S/C19H15FN4O4/c20-14-10-12(24-9-2-1-5-17(24)26)6-7-15(14)22-16(25)11-23-8-3-4-13(18(21)27)19(23)28/h1-10H,11H2,(H2,21,27)(H,22,25). The van der Waals surface area contributed by atoms with Gasteiger partial charge in [-0.2, -0.15) is 0 Å². The van der Waals surface area contributed by atoms with E-state index in [4.69, 9.17) is 5.73 Å². The summed E-state index contributed by atoms with van der Waals surface area (Å²) in [6.45, 7) is -0.431. The molecule has 0 radical (unpaired) electrons. The molecular weight excluding hydrogens is 367 g/mol. The number of nitrogens with one attached hydrogen (secondary N) is 1. The van der Waals surface area contributed by atoms with Crippen LogP contribution >= 0.6 is 0 Å². The molecule has 2 amide bonds. The zero-order valence-corrected chi connectivity index (χ0v) is 14.5. The number of carbonyl (C=O) groups excluding carboxylic acids is 2. The molecule has 0 bridgehead atoms. The predicted molar refractivity (Wildman–Crippen MR) is 99.8 cm³/mol. The topological polar surface area (TPSA) is 116 Å². The van der Waals surface area contributed by atoms with Crippen molar-refractivity contribution in [3.05, 3.63) is 93.0 Å². The van der Waals surface area contributed by atoms with Crippen molar-refractivity contribution in [3.63, 3.8) is 0 Å². The number of aromatic nitrogens is 2. The molecule has 3 aromatic rings. The summed E-state index contributed by atoms with van der Waals surface area (Å²) >= 11 is 0. The summed E-state index contributed by atoms with van der Waals surface area (Å²) in [5.74, 6) is -2.33. The molecule has 28 heavy (non-hydrogen) atoms. The minimum absolute atomic E-state index is 0.114. The van der Waals surface area contributed by atoms with Crippen LogP contribution < -0.4 is 22.2 Å². The van der Waals surface area contributed by atoms with Crippen LogP contribution in [0.4, 0.5) is 10.1 Å². The van der Waals surface area contributed by atoms with E-state index in [1.165, 1.54) is 47.3 Å². The van der Waals surface area contributed by atoms with Gasteiger partial charge >= 0.3 is 0 Å². The molecule has 0 aliphatic rings. The average molecular weight is 382 g/mol. The van der Waals surface area contributed by atoms with Crippen LogP contribution in [0.5, 0.6) is 0 Å². The highest BCUT2D eigenvalue weighted by Crippen LogP contribution is 2.17. The highest BCUT2D eigenvalue weighted by atomic mass is 19.1. The third-order valence-corrected chi connectivity index (χ3v) is 3.93. The highest BCUT2D eigenvalue weighted by Gasteiger charge is 2.13. The van der Waals surface area contributed by atoms with Gasteiger partial charge in [-0.05, 0) is 30.3 Å². The van der Waals surface area contributed by atoms with E-state index in [9.17, 15) is 23.6 Å². The summed E-state index contributed by atoms with van der Waals surface area (Å²) < 4.78 is 16.6. The number of anilines is 1. The summed E-state index contributed by atoms with van der Waals surface area (Å²) in [5.41, 5.74) is 3.99. The van der Waals surface area contributed by atoms with Crippen molar-refractivity contribution in [1.29, 1.82) is 0 Å². The Morgan fingerprint density at radius 1 is 1.04 bits per heavy atom. The summed E-state index contributed by atoms with van der Waals surface area (Å²) in [6, 6.07) is 11.1. The molecule has 2 heterocycles. The number of pyridine rings is 2. The van der Waals surface area contributed by atoms with Crippen molar-refractivity contribution < 1.29 is 14.0 Å². The number of hydrogen-bond donors (Lipinski definition) is 2. The van der Waals surface area contributed by atoms with Crippen LogP contribution in [0.1, 0.15) is 10.4 Å². The summed E-state index contributed by atoms with van der Waals surface area (Å²) in [7, 11) is 0. The van der Waals surface area contributed by atoms with Crippen LogP contribution in [0, 0.1) is 5.82 Å². The molecule has 0 saturated carbocycles. The normalized spacial score (nSPS) is 10.5. The first-order chi connectivity index (χ1) is 13.4. The Balaban J connectivity index is 1.79. The molecule has 8 nitrogen and oxygen atoms in total. The number of nitrogens with zero attached hydrogens (tertiary/aromatic N) is 2. The lowest BCUT2D eigenvalue weighted by atomic mass is 10.2. The van der Waals surface area contributed by atoms with Crippen molar-refractivity contribution in [3.8, 4) is 5.69 Å². The second kappa shape index (κ2) is 7.70. The fourth-order valence-electron chi connectivity index (χ4n) is 2.59. The zero-order chi connectivity index (χ0) is 20.3. The maximum absolute atomic E-state index is 14.4. The Labute approximate surface area is 157 Å². The van der Waals surface area contributed by atoms with Crippen LogP contribution in [0.25, 0.3) is 5.69 Å². The maximum Gasteiger partial charge on any atom is 0.263 e. The molecule has 2 aromatic heterocycles. The van der Waals surface area contributed by atoms with Crippen LogP contribution in [0.15, 0.2) is 70.5 Å². The Morgan fingerprint density at radius 2 is 1.82 bits per heavy atom. The highest BCUT2D eigenvalue weighted by molar-refractivity contribution is 5.93. The number of carbonyl (C=O) groups is 2. The molecule has 1 aromatic carbocycles. The van der Waals surface area contributed by atoms with Gasteiger partial charge < -0.3 is 15.6 Å². The number of amides is 2. The molecule has 142 valence electrons. The maximum atomic E-state index is 14.4. The molecule has 9 heteroatoms. The van der Waals surface area contributed by atoms with Gasteiger partial charge in [0, 0.05) is 24.5 Å². The van der Waals surface area contributed by atoms with Crippen LogP contribution in [0.3, 0.4) is 0 Å². The molecule has 3 N–H and O–H groups in total. The van der Waals surface area contributed by atoms with E-state index >= 15 is 0 Å². The first-order valence-corrected chi connectivity index (χ1v) is 8.13. The number of benzene rings is 1. The molecule has 0 aliphatic heterocycles. The molecular formula is C19H15FN4O4. The number of halogens is 1. The molecule has 0 saturated heterocycles. The monoisotopic (exact) mass is 382 g/mol. The average Bonchev–Trinajstić information content (AvgIpc) is 2.65. The van der Waals surface area contributed by atoms with Gasteiger partial charge in [0.05, 0.1) is 11.4 Å². The Morgan fingerprint density at radius 3 is 2.50 bits per heavy atom. The number of primary amides is 1. The van der Waals surface area contributed by atoms with Crippen molar-refractivity contribution in [2.24, 2.45) is 5.73 Å². The second-order valence-corrected chi connectivity index (χ2v) is 5.84. The number of hydrogen-bond acceptors (Lipinski definition) is 4. The van der Waals surface area contributed by atoms with Crippen molar-refractivity contribution >= 4 is 17.5 Å². The number of rotatable bonds is 5. The third-order valence-electron chi connectivity index (χ3n) is 3.93. The van der Waals surface area contributed by atoms with E-state index in [0.29, 0.717) is 5.69 Å². The lowest BCUT2D eigenvalue weighted by molar-refractivity contribution is -0.116. The van der Waals surface area contributed by atoms with E-state index in [0.717, 1.165) is 10.6 Å². The summed E-state index contributed by atoms with van der Waals surface area (Å²) in [6.07, 6.45) is 2.81. The lowest BCUT2D eigenvalue weighted by Crippen LogP contribution is -2.32. The van der Waals surface area contributed by atoms with Gasteiger partial charge in [0.2, 0.25) is 5.91 Å². The van der Waals surface area contributed by atoms with Gasteiger partial charge in [0.1, 0.15) is 17.9 Å². The molecule has 3 rings (SSSR count). The van der Waals surface area contributed by atoms with Gasteiger partial charge in [-0.1, -0.05) is 6.07 Å². The fourth-order valence-corrected chi connectivity index (χ4v) is 2.59. The van der Waals surface area contributed by atoms with Crippen LogP contribution in [-0.2, 0) is 11.3 Å². The smallest absolute Gasteiger partial charge is 0.263 e. The van der Waals surface area contributed by atoms with Crippen LogP contribution in [-0.4, -0.2) is 20.9 Å². The molecule has 0 spiro atoms. The van der Waals surface area contributed by atoms with Gasteiger partial charge in [0.15, 0.2) is 0 Å². The Bertz CT molecular complexity index is 1180. The first-order valence-electron chi connectivity index (χ1n) is 8.13. The van der Waals surface area contributed by atoms with Gasteiger partial charge in [-0.15, -0.1) is 0 Å². The third kappa shape index (κ3) is 3.88. The van der Waals surface area contributed by atoms with Crippen molar-refractivity contribution in [2.75, 3.05) is 5.32 Å². The zero-order valence-electron chi connectivity index (χ0n) is 14.5. The second-order valence-electron chi connectivity index (χ2n) is 5.84. The van der Waals surface area contributed by atoms with Crippen LogP contribution in [0.2, 0.25) is 0 Å². The first kappa shape index (κ1) is 18.8. The fraction of sp³-hybridized carbons (Fsp3) is 0.0526. The molecule has 0 unspecified atom stereocenters. The quantitative estimate of drug-likeness (QED) is 0.681. The molecule has 0 atom stereocenters. The van der Waals surface area contributed by atoms with E-state index in [1.54, 1.807) is 12.1 Å². The predicted octanol–water partition coefficient (Wildman–Crippen LogP) is 0.876. The Hall–Kier alpha value is -4.01. The van der Waals surface area contributed by atoms with E-state index < -0.39 is 29.7 Å². The van der Waals surface area contributed by atoms with Crippen molar-refractivity contribution in [1.82, 2.24) is 9.13 Å². The van der Waals surface area contributed by atoms with Gasteiger partial charge in [-0.3, -0.25) is 23.7 Å². The minimum atomic E-state index is -0.905. The SMILES string of the molecule is NC(=O)c1cccn(CC(=O)Nc2ccc(-n3ccccc3=O)cc2F)c1=O. The van der Waals surface area contributed by atoms with E-state index in [1.807, 2.05) is 0 Å². The summed E-state index contributed by atoms with van der Waals surface area (Å²) in [5, 5.41) is 2.35. The van der Waals surface area contributed by atoms with Gasteiger partial charge in [0.25, 0.3) is 17.0 Å². The van der Waals surface area contributed by atoms with E-state index in [2.05, 4.69) is 5.32 Å². The molecule has 0 fully saturated rings. The molecule has 0 aliphatic carbocycles.